The van der Waals surface area contributed by atoms with E-state index in [4.69, 9.17) is 0 Å². The predicted molar refractivity (Wildman–Crippen MR) is 99.4 cm³/mol. The van der Waals surface area contributed by atoms with Crippen LogP contribution in [0.1, 0.15) is 25.7 Å². The standard InChI is InChI=1S/C16H20FN5O2S2/c17-13-5-7-14(8-6-13)26(23,24)20-10-4-2-1-3-9-18-15-21-25-16-19-11-12-22(15)16/h5-8,11-12,20H,1-4,9-10H2,(H,18,21). The van der Waals surface area contributed by atoms with Gasteiger partial charge >= 0.3 is 0 Å². The molecule has 2 N–H and O–H groups in total. The van der Waals surface area contributed by atoms with E-state index in [1.807, 2.05) is 10.6 Å². The van der Waals surface area contributed by atoms with Crippen LogP contribution in [-0.2, 0) is 10.0 Å². The van der Waals surface area contributed by atoms with Crippen LogP contribution in [-0.4, -0.2) is 35.3 Å². The van der Waals surface area contributed by atoms with Crippen molar-refractivity contribution in [2.24, 2.45) is 0 Å². The van der Waals surface area contributed by atoms with Crippen LogP contribution in [0.15, 0.2) is 41.6 Å². The molecule has 0 aliphatic rings. The maximum atomic E-state index is 12.9. The second kappa shape index (κ2) is 8.56. The predicted octanol–water partition coefficient (Wildman–Crippen LogP) is 2.88. The molecule has 3 aromatic rings. The first-order valence-corrected chi connectivity index (χ1v) is 10.6. The van der Waals surface area contributed by atoms with Crippen LogP contribution in [0.5, 0.6) is 0 Å². The summed E-state index contributed by atoms with van der Waals surface area (Å²) in [6, 6.07) is 4.81. The number of sulfonamides is 1. The minimum absolute atomic E-state index is 0.0807. The molecular formula is C16H20FN5O2S2. The van der Waals surface area contributed by atoms with Crippen molar-refractivity contribution in [3.63, 3.8) is 0 Å². The number of benzene rings is 1. The number of halogens is 1. The quantitative estimate of drug-likeness (QED) is 0.514. The Morgan fingerprint density at radius 2 is 1.81 bits per heavy atom. The first-order chi connectivity index (χ1) is 12.6. The number of imidazole rings is 1. The molecule has 0 atom stereocenters. The van der Waals surface area contributed by atoms with E-state index in [-0.39, 0.29) is 4.90 Å². The maximum absolute atomic E-state index is 12.9. The molecule has 0 aliphatic heterocycles. The van der Waals surface area contributed by atoms with Gasteiger partial charge in [-0.05, 0) is 37.1 Å². The Labute approximate surface area is 155 Å². The molecular weight excluding hydrogens is 377 g/mol. The summed E-state index contributed by atoms with van der Waals surface area (Å²) in [7, 11) is -3.56. The van der Waals surface area contributed by atoms with E-state index < -0.39 is 15.8 Å². The number of aromatic nitrogens is 3. The normalized spacial score (nSPS) is 11.9. The highest BCUT2D eigenvalue weighted by molar-refractivity contribution is 7.89. The molecule has 2 aromatic heterocycles. The highest BCUT2D eigenvalue weighted by Crippen LogP contribution is 2.14. The zero-order valence-corrected chi connectivity index (χ0v) is 15.7. The van der Waals surface area contributed by atoms with Gasteiger partial charge in [0.05, 0.1) is 4.90 Å². The number of nitrogens with one attached hydrogen (secondary N) is 2. The third-order valence-corrected chi connectivity index (χ3v) is 6.06. The minimum atomic E-state index is -3.56. The largest absolute Gasteiger partial charge is 0.355 e. The Bertz CT molecular complexity index is 937. The molecule has 0 saturated heterocycles. The van der Waals surface area contributed by atoms with Gasteiger partial charge in [-0.15, -0.1) is 0 Å². The summed E-state index contributed by atoms with van der Waals surface area (Å²) in [5, 5.41) is 3.28. The Kier molecular flexibility index (Phi) is 6.17. The average molecular weight is 398 g/mol. The van der Waals surface area contributed by atoms with Crippen molar-refractivity contribution in [1.82, 2.24) is 18.5 Å². The topological polar surface area (TPSA) is 88.4 Å². The molecule has 3 rings (SSSR count). The Morgan fingerprint density at radius 1 is 1.08 bits per heavy atom. The Balaban J connectivity index is 1.30. The monoisotopic (exact) mass is 397 g/mol. The SMILES string of the molecule is O=S(=O)(NCCCCCCNc1nsc2nccn12)c1ccc(F)cc1. The van der Waals surface area contributed by atoms with Crippen molar-refractivity contribution in [3.8, 4) is 0 Å². The Hall–Kier alpha value is -2.04. The molecule has 7 nitrogen and oxygen atoms in total. The van der Waals surface area contributed by atoms with Crippen LogP contribution < -0.4 is 10.0 Å². The summed E-state index contributed by atoms with van der Waals surface area (Å²) in [6.45, 7) is 1.17. The van der Waals surface area contributed by atoms with Gasteiger partial charge in [0.1, 0.15) is 5.82 Å². The third-order valence-electron chi connectivity index (χ3n) is 3.85. The van der Waals surface area contributed by atoms with Gasteiger partial charge in [0.2, 0.25) is 20.9 Å². The summed E-state index contributed by atoms with van der Waals surface area (Å²) >= 11 is 1.35. The van der Waals surface area contributed by atoms with E-state index in [0.717, 1.165) is 55.3 Å². The number of hydrogen-bond acceptors (Lipinski definition) is 6. The molecule has 26 heavy (non-hydrogen) atoms. The van der Waals surface area contributed by atoms with Crippen LogP contribution in [0.4, 0.5) is 10.3 Å². The van der Waals surface area contributed by atoms with Crippen molar-refractivity contribution in [2.75, 3.05) is 18.4 Å². The van der Waals surface area contributed by atoms with E-state index in [1.54, 1.807) is 6.20 Å². The molecule has 0 amide bonds. The first kappa shape index (κ1) is 18.7. The third kappa shape index (κ3) is 4.77. The van der Waals surface area contributed by atoms with Crippen LogP contribution in [0.2, 0.25) is 0 Å². The van der Waals surface area contributed by atoms with Gasteiger partial charge in [-0.3, -0.25) is 4.40 Å². The van der Waals surface area contributed by atoms with E-state index in [9.17, 15) is 12.8 Å². The van der Waals surface area contributed by atoms with Crippen molar-refractivity contribution in [1.29, 1.82) is 0 Å². The molecule has 0 bridgehead atoms. The highest BCUT2D eigenvalue weighted by Gasteiger charge is 2.12. The summed E-state index contributed by atoms with van der Waals surface area (Å²) in [4.78, 5) is 5.11. The fourth-order valence-electron chi connectivity index (χ4n) is 2.47. The Morgan fingerprint density at radius 3 is 2.58 bits per heavy atom. The van der Waals surface area contributed by atoms with Crippen molar-refractivity contribution >= 4 is 32.5 Å². The van der Waals surface area contributed by atoms with Crippen molar-refractivity contribution in [2.45, 2.75) is 30.6 Å². The van der Waals surface area contributed by atoms with Crippen LogP contribution >= 0.6 is 11.5 Å². The highest BCUT2D eigenvalue weighted by atomic mass is 32.2. The van der Waals surface area contributed by atoms with Gasteiger partial charge in [0.15, 0.2) is 0 Å². The van der Waals surface area contributed by atoms with Crippen LogP contribution in [0.3, 0.4) is 0 Å². The molecule has 0 aliphatic carbocycles. The molecule has 0 unspecified atom stereocenters. The lowest BCUT2D eigenvalue weighted by Crippen LogP contribution is -2.24. The van der Waals surface area contributed by atoms with Gasteiger partial charge in [0, 0.05) is 37.0 Å². The fraction of sp³-hybridized carbons (Fsp3) is 0.375. The van der Waals surface area contributed by atoms with E-state index in [1.165, 1.54) is 23.7 Å². The summed E-state index contributed by atoms with van der Waals surface area (Å²) in [6.07, 6.45) is 7.25. The average Bonchev–Trinajstić information content (AvgIpc) is 3.22. The van der Waals surface area contributed by atoms with E-state index >= 15 is 0 Å². The lowest BCUT2D eigenvalue weighted by Gasteiger charge is -2.07. The molecule has 0 fully saturated rings. The van der Waals surface area contributed by atoms with E-state index in [0.29, 0.717) is 6.54 Å². The zero-order valence-electron chi connectivity index (χ0n) is 14.1. The smallest absolute Gasteiger partial charge is 0.240 e. The van der Waals surface area contributed by atoms with Crippen LogP contribution in [0, 0.1) is 5.82 Å². The van der Waals surface area contributed by atoms with Crippen LogP contribution in [0.25, 0.3) is 4.96 Å². The second-order valence-corrected chi connectivity index (χ2v) is 8.28. The summed E-state index contributed by atoms with van der Waals surface area (Å²) in [5.41, 5.74) is 0. The lowest BCUT2D eigenvalue weighted by molar-refractivity contribution is 0.572. The molecule has 2 heterocycles. The van der Waals surface area contributed by atoms with Gasteiger partial charge < -0.3 is 5.32 Å². The van der Waals surface area contributed by atoms with Gasteiger partial charge in [-0.2, -0.15) is 4.37 Å². The molecule has 1 aromatic carbocycles. The maximum Gasteiger partial charge on any atom is 0.240 e. The van der Waals surface area contributed by atoms with Crippen molar-refractivity contribution in [3.05, 3.63) is 42.5 Å². The molecule has 10 heteroatoms. The number of anilines is 1. The molecule has 0 spiro atoms. The van der Waals surface area contributed by atoms with Gasteiger partial charge in [-0.25, -0.2) is 22.5 Å². The van der Waals surface area contributed by atoms with Gasteiger partial charge in [-0.1, -0.05) is 12.8 Å². The van der Waals surface area contributed by atoms with Gasteiger partial charge in [0.25, 0.3) is 0 Å². The van der Waals surface area contributed by atoms with E-state index in [2.05, 4.69) is 19.4 Å². The number of fused-ring (bicyclic) bond motifs is 1. The fourth-order valence-corrected chi connectivity index (χ4v) is 4.21. The lowest BCUT2D eigenvalue weighted by atomic mass is 10.2. The minimum Gasteiger partial charge on any atom is -0.355 e. The number of nitrogens with zero attached hydrogens (tertiary/aromatic N) is 3. The second-order valence-electron chi connectivity index (χ2n) is 5.78. The summed E-state index contributed by atoms with van der Waals surface area (Å²) < 4.78 is 45.7. The summed E-state index contributed by atoms with van der Waals surface area (Å²) in [5.74, 6) is 0.346. The number of hydrogen-bond donors (Lipinski definition) is 2. The first-order valence-electron chi connectivity index (χ1n) is 8.34. The molecule has 140 valence electrons. The zero-order chi connectivity index (χ0) is 18.4. The molecule has 0 radical (unpaired) electrons. The molecule has 0 saturated carbocycles. The number of unbranched alkanes of at least 4 members (excludes halogenated alkanes) is 3. The number of rotatable bonds is 10. The van der Waals surface area contributed by atoms with Crippen molar-refractivity contribution < 1.29 is 12.8 Å².